The van der Waals surface area contributed by atoms with Crippen molar-refractivity contribution >= 4 is 23.7 Å². The van der Waals surface area contributed by atoms with Crippen LogP contribution in [0.5, 0.6) is 0 Å². The maximum Gasteiger partial charge on any atom is 0.333 e. The molecule has 0 radical (unpaired) electrons. The normalized spacial score (nSPS) is 11.8. The third kappa shape index (κ3) is 8.48. The first-order valence-corrected chi connectivity index (χ1v) is 7.09. The van der Waals surface area contributed by atoms with E-state index in [1.54, 1.807) is 25.6 Å². The van der Waals surface area contributed by atoms with Crippen molar-refractivity contribution < 1.29 is 19.1 Å². The van der Waals surface area contributed by atoms with Gasteiger partial charge in [0.25, 0.3) is 0 Å². The Kier molecular flexibility index (Phi) is 8.23. The van der Waals surface area contributed by atoms with Gasteiger partial charge in [-0.1, -0.05) is 27.0 Å². The van der Waals surface area contributed by atoms with E-state index in [0.717, 1.165) is 0 Å². The number of carbonyl (C=O) groups is 2. The van der Waals surface area contributed by atoms with Crippen LogP contribution in [0.25, 0.3) is 0 Å². The Morgan fingerprint density at radius 3 is 2.05 bits per heavy atom. The van der Waals surface area contributed by atoms with Crippen LogP contribution in [0, 0.1) is 0 Å². The van der Waals surface area contributed by atoms with Gasteiger partial charge in [-0.15, -0.1) is 0 Å². The molecule has 5 heteroatoms. The summed E-state index contributed by atoms with van der Waals surface area (Å²) in [6.45, 7) is 14.3. The van der Waals surface area contributed by atoms with Gasteiger partial charge in [-0.3, -0.25) is 0 Å². The molecule has 0 fully saturated rings. The van der Waals surface area contributed by atoms with Crippen LogP contribution in [0.3, 0.4) is 0 Å². The van der Waals surface area contributed by atoms with E-state index in [-0.39, 0.29) is 6.61 Å². The Balaban J connectivity index is 4.40. The lowest BCUT2D eigenvalue weighted by molar-refractivity contribution is -0.152. The molecule has 0 aliphatic rings. The monoisotopic (exact) mass is 286 g/mol. The van der Waals surface area contributed by atoms with Crippen molar-refractivity contribution in [3.63, 3.8) is 0 Å². The number of rotatable bonds is 8. The summed E-state index contributed by atoms with van der Waals surface area (Å²) in [5, 5.41) is 0.405. The van der Waals surface area contributed by atoms with Crippen molar-refractivity contribution in [3.05, 3.63) is 24.3 Å². The van der Waals surface area contributed by atoms with Gasteiger partial charge in [-0.05, 0) is 19.1 Å². The molecule has 0 aliphatic heterocycles. The van der Waals surface area contributed by atoms with E-state index in [1.807, 2.05) is 13.8 Å². The van der Waals surface area contributed by atoms with Crippen LogP contribution in [-0.4, -0.2) is 35.7 Å². The Labute approximate surface area is 119 Å². The maximum atomic E-state index is 11.5. The van der Waals surface area contributed by atoms with E-state index in [4.69, 9.17) is 9.47 Å². The highest BCUT2D eigenvalue weighted by Crippen LogP contribution is 2.14. The Morgan fingerprint density at radius 1 is 1.11 bits per heavy atom. The number of ether oxygens (including phenoxy) is 2. The van der Waals surface area contributed by atoms with E-state index in [2.05, 4.69) is 13.2 Å². The molecule has 0 aliphatic carbocycles. The molecule has 4 nitrogen and oxygen atoms in total. The quantitative estimate of drug-likeness (QED) is 0.507. The molecule has 0 saturated carbocycles. The van der Waals surface area contributed by atoms with Crippen molar-refractivity contribution in [1.29, 1.82) is 0 Å². The lowest BCUT2D eigenvalue weighted by Gasteiger charge is -2.18. The van der Waals surface area contributed by atoms with Gasteiger partial charge in [0.1, 0.15) is 12.7 Å². The molecule has 0 aromatic rings. The maximum absolute atomic E-state index is 11.5. The fourth-order valence-electron chi connectivity index (χ4n) is 0.960. The standard InChI is InChI=1S/C14H22O4S/c1-9(2)13(15)17-7-12(8-19-11(5)6)18-14(16)10(3)4/h11-12H,1,3,7-8H2,2,4-6H3. The van der Waals surface area contributed by atoms with E-state index >= 15 is 0 Å². The van der Waals surface area contributed by atoms with Crippen LogP contribution in [0.1, 0.15) is 27.7 Å². The molecule has 0 aromatic carbocycles. The van der Waals surface area contributed by atoms with Gasteiger partial charge < -0.3 is 9.47 Å². The third-order valence-corrected chi connectivity index (χ3v) is 3.22. The average molecular weight is 286 g/mol. The van der Waals surface area contributed by atoms with Crippen molar-refractivity contribution in [2.45, 2.75) is 39.0 Å². The number of hydrogen-bond acceptors (Lipinski definition) is 5. The van der Waals surface area contributed by atoms with Gasteiger partial charge >= 0.3 is 11.9 Å². The molecule has 0 rings (SSSR count). The first kappa shape index (κ1) is 17.8. The van der Waals surface area contributed by atoms with Gasteiger partial charge in [0, 0.05) is 16.9 Å². The molecule has 0 amide bonds. The average Bonchev–Trinajstić information content (AvgIpc) is 2.31. The molecule has 0 saturated heterocycles. The molecule has 1 unspecified atom stereocenters. The fourth-order valence-corrected chi connectivity index (χ4v) is 1.72. The predicted octanol–water partition coefficient (Wildman–Crippen LogP) is 2.74. The fraction of sp³-hybridized carbons (Fsp3) is 0.571. The first-order chi connectivity index (χ1) is 8.73. The second kappa shape index (κ2) is 8.80. The zero-order valence-corrected chi connectivity index (χ0v) is 12.8. The van der Waals surface area contributed by atoms with E-state index in [1.165, 1.54) is 0 Å². The van der Waals surface area contributed by atoms with Crippen LogP contribution in [0.15, 0.2) is 24.3 Å². The van der Waals surface area contributed by atoms with Gasteiger partial charge in [0.2, 0.25) is 0 Å². The second-order valence-corrected chi connectivity index (χ2v) is 6.18. The highest BCUT2D eigenvalue weighted by Gasteiger charge is 2.18. The topological polar surface area (TPSA) is 52.6 Å². The van der Waals surface area contributed by atoms with Gasteiger partial charge in [0.05, 0.1) is 0 Å². The number of thioether (sulfide) groups is 1. The zero-order valence-electron chi connectivity index (χ0n) is 12.0. The second-order valence-electron chi connectivity index (χ2n) is 4.57. The van der Waals surface area contributed by atoms with Gasteiger partial charge in [-0.2, -0.15) is 11.8 Å². The third-order valence-electron chi connectivity index (χ3n) is 1.99. The van der Waals surface area contributed by atoms with Crippen molar-refractivity contribution in [2.24, 2.45) is 0 Å². The van der Waals surface area contributed by atoms with E-state index in [9.17, 15) is 9.59 Å². The van der Waals surface area contributed by atoms with Crippen LogP contribution in [0.2, 0.25) is 0 Å². The van der Waals surface area contributed by atoms with Crippen molar-refractivity contribution in [2.75, 3.05) is 12.4 Å². The minimum Gasteiger partial charge on any atom is -0.458 e. The summed E-state index contributed by atoms with van der Waals surface area (Å²) in [5.41, 5.74) is 0.646. The molecule has 1 atom stereocenters. The minimum absolute atomic E-state index is 0.0322. The smallest absolute Gasteiger partial charge is 0.333 e. The molecule has 0 heterocycles. The summed E-state index contributed by atoms with van der Waals surface area (Å²) < 4.78 is 10.2. The van der Waals surface area contributed by atoms with Crippen molar-refractivity contribution in [3.8, 4) is 0 Å². The van der Waals surface area contributed by atoms with Crippen LogP contribution < -0.4 is 0 Å². The number of hydrogen-bond donors (Lipinski definition) is 0. The first-order valence-electron chi connectivity index (χ1n) is 6.04. The lowest BCUT2D eigenvalue weighted by Crippen LogP contribution is -2.28. The molecular weight excluding hydrogens is 264 g/mol. The Bertz CT molecular complexity index is 360. The number of esters is 2. The highest BCUT2D eigenvalue weighted by molar-refractivity contribution is 7.99. The zero-order chi connectivity index (χ0) is 15.0. The SMILES string of the molecule is C=C(C)C(=O)OCC(CSC(C)C)OC(=O)C(=C)C. The lowest BCUT2D eigenvalue weighted by atomic mass is 10.3. The Morgan fingerprint density at radius 2 is 1.63 bits per heavy atom. The summed E-state index contributed by atoms with van der Waals surface area (Å²) in [7, 11) is 0. The molecule has 0 aromatic heterocycles. The van der Waals surface area contributed by atoms with E-state index < -0.39 is 18.0 Å². The molecule has 108 valence electrons. The summed E-state index contributed by atoms with van der Waals surface area (Å²) >= 11 is 1.63. The highest BCUT2D eigenvalue weighted by atomic mass is 32.2. The van der Waals surface area contributed by atoms with Crippen LogP contribution in [0.4, 0.5) is 0 Å². The molecule has 0 N–H and O–H groups in total. The van der Waals surface area contributed by atoms with Crippen molar-refractivity contribution in [1.82, 2.24) is 0 Å². The molecule has 19 heavy (non-hydrogen) atoms. The van der Waals surface area contributed by atoms with Crippen LogP contribution >= 0.6 is 11.8 Å². The molecule has 0 spiro atoms. The van der Waals surface area contributed by atoms with Gasteiger partial charge in [0.15, 0.2) is 0 Å². The van der Waals surface area contributed by atoms with Crippen LogP contribution in [-0.2, 0) is 19.1 Å². The predicted molar refractivity (Wildman–Crippen MR) is 78.1 cm³/mol. The van der Waals surface area contributed by atoms with E-state index in [0.29, 0.717) is 22.1 Å². The largest absolute Gasteiger partial charge is 0.458 e. The molecular formula is C14H22O4S. The minimum atomic E-state index is -0.481. The summed E-state index contributed by atoms with van der Waals surface area (Å²) in [4.78, 5) is 22.8. The summed E-state index contributed by atoms with van der Waals surface area (Å²) in [6.07, 6.45) is -0.472. The Hall–Kier alpha value is -1.23. The summed E-state index contributed by atoms with van der Waals surface area (Å²) in [6, 6.07) is 0. The van der Waals surface area contributed by atoms with Gasteiger partial charge in [-0.25, -0.2) is 9.59 Å². The number of carbonyl (C=O) groups excluding carboxylic acids is 2. The summed E-state index contributed by atoms with van der Waals surface area (Å²) in [5.74, 6) is -0.383. The molecule has 0 bridgehead atoms.